The maximum absolute atomic E-state index is 12.2. The molecule has 0 saturated carbocycles. The largest absolute Gasteiger partial charge is 0.478 e. The van der Waals surface area contributed by atoms with Gasteiger partial charge in [0.2, 0.25) is 11.8 Å². The number of carbonyl (C=O) groups excluding carboxylic acids is 1. The van der Waals surface area contributed by atoms with Gasteiger partial charge in [-0.25, -0.2) is 0 Å². The number of halogens is 1. The van der Waals surface area contributed by atoms with Crippen molar-refractivity contribution >= 4 is 33.4 Å². The van der Waals surface area contributed by atoms with Gasteiger partial charge >= 0.3 is 0 Å². The van der Waals surface area contributed by atoms with E-state index in [1.807, 2.05) is 13.0 Å². The zero-order chi connectivity index (χ0) is 15.5. The summed E-state index contributed by atoms with van der Waals surface area (Å²) in [5.41, 5.74) is 1.01. The van der Waals surface area contributed by atoms with Crippen molar-refractivity contribution < 1.29 is 9.53 Å². The first-order valence-corrected chi connectivity index (χ1v) is 7.37. The minimum atomic E-state index is -0.331. The molecule has 0 spiro atoms. The van der Waals surface area contributed by atoms with E-state index < -0.39 is 0 Å². The van der Waals surface area contributed by atoms with Gasteiger partial charge in [-0.05, 0) is 35.0 Å². The SMILES string of the molecule is CCOc1cccc2nc(NC(=O)c3cncc(Br)c3)nn12. The molecule has 0 radical (unpaired) electrons. The van der Waals surface area contributed by atoms with E-state index in [9.17, 15) is 4.79 Å². The van der Waals surface area contributed by atoms with Crippen LogP contribution in [0.3, 0.4) is 0 Å². The monoisotopic (exact) mass is 361 g/mol. The third kappa shape index (κ3) is 2.91. The van der Waals surface area contributed by atoms with Gasteiger partial charge in [0.15, 0.2) is 5.65 Å². The minimum absolute atomic E-state index is 0.206. The summed E-state index contributed by atoms with van der Waals surface area (Å²) < 4.78 is 7.73. The first-order chi connectivity index (χ1) is 10.7. The lowest BCUT2D eigenvalue weighted by molar-refractivity contribution is 0.102. The third-order valence-corrected chi connectivity index (χ3v) is 3.24. The highest BCUT2D eigenvalue weighted by Crippen LogP contribution is 2.16. The third-order valence-electron chi connectivity index (χ3n) is 2.81. The van der Waals surface area contributed by atoms with Crippen LogP contribution in [-0.4, -0.2) is 32.1 Å². The van der Waals surface area contributed by atoms with E-state index in [1.165, 1.54) is 10.7 Å². The van der Waals surface area contributed by atoms with Crippen LogP contribution >= 0.6 is 15.9 Å². The fraction of sp³-hybridized carbons (Fsp3) is 0.143. The van der Waals surface area contributed by atoms with E-state index in [0.717, 1.165) is 4.47 Å². The molecular formula is C14H12BrN5O2. The molecule has 0 unspecified atom stereocenters. The molecule has 0 atom stereocenters. The number of hydrogen-bond acceptors (Lipinski definition) is 5. The summed E-state index contributed by atoms with van der Waals surface area (Å²) in [6.07, 6.45) is 3.08. The zero-order valence-electron chi connectivity index (χ0n) is 11.7. The van der Waals surface area contributed by atoms with Crippen LogP contribution in [0.1, 0.15) is 17.3 Å². The maximum Gasteiger partial charge on any atom is 0.259 e. The molecule has 3 aromatic rings. The van der Waals surface area contributed by atoms with Gasteiger partial charge in [-0.1, -0.05) is 6.07 Å². The Morgan fingerprint density at radius 3 is 3.05 bits per heavy atom. The lowest BCUT2D eigenvalue weighted by atomic mass is 10.3. The van der Waals surface area contributed by atoms with Gasteiger partial charge in [0, 0.05) is 22.9 Å². The van der Waals surface area contributed by atoms with Crippen molar-refractivity contribution in [3.05, 3.63) is 46.7 Å². The van der Waals surface area contributed by atoms with Crippen molar-refractivity contribution in [1.29, 1.82) is 0 Å². The molecule has 0 saturated heterocycles. The average molecular weight is 362 g/mol. The Kier molecular flexibility index (Phi) is 4.01. The van der Waals surface area contributed by atoms with Crippen molar-refractivity contribution in [2.75, 3.05) is 11.9 Å². The van der Waals surface area contributed by atoms with Crippen LogP contribution in [0.15, 0.2) is 41.1 Å². The number of aromatic nitrogens is 4. The summed E-state index contributed by atoms with van der Waals surface area (Å²) in [5.74, 6) is 0.442. The van der Waals surface area contributed by atoms with Gasteiger partial charge in [0.25, 0.3) is 5.91 Å². The van der Waals surface area contributed by atoms with Crippen molar-refractivity contribution in [1.82, 2.24) is 19.6 Å². The fourth-order valence-electron chi connectivity index (χ4n) is 1.90. The normalized spacial score (nSPS) is 10.6. The van der Waals surface area contributed by atoms with Crippen LogP contribution in [0, 0.1) is 0 Å². The first kappa shape index (κ1) is 14.5. The number of ether oxygens (including phenoxy) is 1. The standard InChI is InChI=1S/C14H12BrN5O2/c1-2-22-12-5-3-4-11-17-14(19-20(11)12)18-13(21)9-6-10(15)8-16-7-9/h3-8H,2H2,1H3,(H,18,19,21). The highest BCUT2D eigenvalue weighted by Gasteiger charge is 2.12. The number of nitrogens with one attached hydrogen (secondary N) is 1. The maximum atomic E-state index is 12.2. The van der Waals surface area contributed by atoms with E-state index >= 15 is 0 Å². The van der Waals surface area contributed by atoms with Crippen molar-refractivity contribution in [3.8, 4) is 5.88 Å². The van der Waals surface area contributed by atoms with Gasteiger partial charge < -0.3 is 4.74 Å². The van der Waals surface area contributed by atoms with Crippen molar-refractivity contribution in [2.24, 2.45) is 0 Å². The van der Waals surface area contributed by atoms with Gasteiger partial charge in [0.1, 0.15) is 0 Å². The van der Waals surface area contributed by atoms with Crippen LogP contribution < -0.4 is 10.1 Å². The van der Waals surface area contributed by atoms with Crippen LogP contribution in [0.2, 0.25) is 0 Å². The first-order valence-electron chi connectivity index (χ1n) is 6.58. The van der Waals surface area contributed by atoms with Crippen LogP contribution in [0.4, 0.5) is 5.95 Å². The second-order valence-corrected chi connectivity index (χ2v) is 5.26. The topological polar surface area (TPSA) is 81.4 Å². The Morgan fingerprint density at radius 2 is 2.27 bits per heavy atom. The molecule has 112 valence electrons. The zero-order valence-corrected chi connectivity index (χ0v) is 13.2. The van der Waals surface area contributed by atoms with Gasteiger partial charge in [0.05, 0.1) is 12.2 Å². The van der Waals surface area contributed by atoms with Crippen molar-refractivity contribution in [3.63, 3.8) is 0 Å². The average Bonchev–Trinajstić information content (AvgIpc) is 2.91. The summed E-state index contributed by atoms with van der Waals surface area (Å²) in [7, 11) is 0. The minimum Gasteiger partial charge on any atom is -0.478 e. The number of hydrogen-bond donors (Lipinski definition) is 1. The summed E-state index contributed by atoms with van der Waals surface area (Å²) >= 11 is 3.28. The molecule has 3 aromatic heterocycles. The van der Waals surface area contributed by atoms with Gasteiger partial charge in [-0.2, -0.15) is 9.50 Å². The predicted octanol–water partition coefficient (Wildman–Crippen LogP) is 2.54. The molecule has 0 aliphatic heterocycles. The smallest absolute Gasteiger partial charge is 0.259 e. The quantitative estimate of drug-likeness (QED) is 0.772. The Labute approximate surface area is 134 Å². The summed E-state index contributed by atoms with van der Waals surface area (Å²) in [5, 5.41) is 6.88. The Balaban J connectivity index is 1.88. The number of rotatable bonds is 4. The number of pyridine rings is 2. The van der Waals surface area contributed by atoms with Gasteiger partial charge in [-0.3, -0.25) is 15.1 Å². The fourth-order valence-corrected chi connectivity index (χ4v) is 2.27. The molecule has 1 N–H and O–H groups in total. The van der Waals surface area contributed by atoms with Crippen LogP contribution in [-0.2, 0) is 0 Å². The van der Waals surface area contributed by atoms with Crippen LogP contribution in [0.5, 0.6) is 5.88 Å². The summed E-state index contributed by atoms with van der Waals surface area (Å²) in [4.78, 5) is 20.4. The number of amides is 1. The molecule has 0 aromatic carbocycles. The molecular weight excluding hydrogens is 350 g/mol. The molecule has 3 rings (SSSR count). The van der Waals surface area contributed by atoms with Crippen LogP contribution in [0.25, 0.3) is 5.65 Å². The Hall–Kier alpha value is -2.48. The van der Waals surface area contributed by atoms with E-state index in [2.05, 4.69) is 36.3 Å². The van der Waals surface area contributed by atoms with Crippen molar-refractivity contribution in [2.45, 2.75) is 6.92 Å². The number of anilines is 1. The second-order valence-electron chi connectivity index (χ2n) is 4.35. The van der Waals surface area contributed by atoms with E-state index in [1.54, 1.807) is 24.4 Å². The Bertz CT molecular complexity index is 833. The molecule has 0 aliphatic rings. The Morgan fingerprint density at radius 1 is 1.41 bits per heavy atom. The molecule has 8 heteroatoms. The molecule has 3 heterocycles. The molecule has 1 amide bonds. The van der Waals surface area contributed by atoms with E-state index in [4.69, 9.17) is 4.74 Å². The molecule has 0 bridgehead atoms. The van der Waals surface area contributed by atoms with Gasteiger partial charge in [-0.15, -0.1) is 5.10 Å². The molecule has 0 fully saturated rings. The predicted molar refractivity (Wildman–Crippen MR) is 84.0 cm³/mol. The summed E-state index contributed by atoms with van der Waals surface area (Å²) in [6.45, 7) is 2.41. The lowest BCUT2D eigenvalue weighted by Gasteiger charge is -2.03. The molecule has 0 aliphatic carbocycles. The number of fused-ring (bicyclic) bond motifs is 1. The molecule has 7 nitrogen and oxygen atoms in total. The highest BCUT2D eigenvalue weighted by atomic mass is 79.9. The second kappa shape index (κ2) is 6.10. The highest BCUT2D eigenvalue weighted by molar-refractivity contribution is 9.10. The van der Waals surface area contributed by atoms with E-state index in [0.29, 0.717) is 23.7 Å². The summed E-state index contributed by atoms with van der Waals surface area (Å²) in [6, 6.07) is 7.06. The number of carbonyl (C=O) groups is 1. The van der Waals surface area contributed by atoms with E-state index in [-0.39, 0.29) is 11.9 Å². The number of nitrogens with zero attached hydrogens (tertiary/aromatic N) is 4. The lowest BCUT2D eigenvalue weighted by Crippen LogP contribution is -2.13. The molecule has 22 heavy (non-hydrogen) atoms.